The highest BCUT2D eigenvalue weighted by Gasteiger charge is 2.16. The number of aromatic nitrogens is 2. The average molecular weight is 299 g/mol. The molecule has 0 aliphatic carbocycles. The number of pyridine rings is 1. The maximum Gasteiger partial charge on any atom is 0.161 e. The quantitative estimate of drug-likeness (QED) is 0.750. The van der Waals surface area contributed by atoms with Crippen LogP contribution in [0.15, 0.2) is 36.5 Å². The van der Waals surface area contributed by atoms with Crippen molar-refractivity contribution in [1.82, 2.24) is 9.38 Å². The monoisotopic (exact) mass is 299 g/mol. The van der Waals surface area contributed by atoms with Gasteiger partial charge in [-0.2, -0.15) is 0 Å². The Bertz CT molecular complexity index is 860. The van der Waals surface area contributed by atoms with E-state index in [4.69, 9.17) is 15.2 Å². The molecule has 0 fully saturated rings. The van der Waals surface area contributed by atoms with Crippen LogP contribution >= 0.6 is 0 Å². The van der Waals surface area contributed by atoms with E-state index < -0.39 is 0 Å². The zero-order valence-electron chi connectivity index (χ0n) is 11.8. The molecule has 22 heavy (non-hydrogen) atoms. The van der Waals surface area contributed by atoms with E-state index in [0.29, 0.717) is 36.1 Å². The average Bonchev–Trinajstić information content (AvgIpc) is 2.72. The van der Waals surface area contributed by atoms with Crippen molar-refractivity contribution in [3.63, 3.8) is 0 Å². The smallest absolute Gasteiger partial charge is 0.161 e. The number of nitrogen functional groups attached to an aromatic ring is 1. The van der Waals surface area contributed by atoms with Gasteiger partial charge >= 0.3 is 0 Å². The van der Waals surface area contributed by atoms with Crippen molar-refractivity contribution in [1.29, 1.82) is 0 Å². The first-order valence-corrected chi connectivity index (χ1v) is 7.05. The molecule has 4 rings (SSSR count). The van der Waals surface area contributed by atoms with Gasteiger partial charge in [-0.15, -0.1) is 0 Å². The highest BCUT2D eigenvalue weighted by atomic mass is 19.1. The van der Waals surface area contributed by atoms with Gasteiger partial charge < -0.3 is 15.2 Å². The lowest BCUT2D eigenvalue weighted by molar-refractivity contribution is 0.297. The van der Waals surface area contributed by atoms with Crippen molar-refractivity contribution in [2.24, 2.45) is 0 Å². The van der Waals surface area contributed by atoms with Crippen LogP contribution < -0.4 is 15.2 Å². The van der Waals surface area contributed by atoms with Crippen molar-refractivity contribution < 1.29 is 13.9 Å². The number of ether oxygens (including phenoxy) is 2. The fourth-order valence-electron chi connectivity index (χ4n) is 2.56. The largest absolute Gasteiger partial charge is 0.490 e. The first-order chi connectivity index (χ1) is 10.7. The standard InChI is InChI=1S/C16H14FN3O2/c17-11-3-5-14-19-15(16(18)20(14)9-11)10-2-4-12-13(8-10)22-7-1-6-21-12/h2-5,8-9H,1,6-7,18H2. The van der Waals surface area contributed by atoms with Gasteiger partial charge in [0, 0.05) is 18.2 Å². The zero-order chi connectivity index (χ0) is 15.1. The highest BCUT2D eigenvalue weighted by Crippen LogP contribution is 2.35. The van der Waals surface area contributed by atoms with Gasteiger partial charge in [-0.1, -0.05) is 0 Å². The van der Waals surface area contributed by atoms with Gasteiger partial charge in [-0.25, -0.2) is 9.37 Å². The molecule has 0 spiro atoms. The van der Waals surface area contributed by atoms with E-state index >= 15 is 0 Å². The van der Waals surface area contributed by atoms with Crippen LogP contribution in [0.2, 0.25) is 0 Å². The summed E-state index contributed by atoms with van der Waals surface area (Å²) < 4.78 is 26.2. The van der Waals surface area contributed by atoms with E-state index in [9.17, 15) is 4.39 Å². The van der Waals surface area contributed by atoms with E-state index in [-0.39, 0.29) is 5.82 Å². The second-order valence-electron chi connectivity index (χ2n) is 5.13. The Balaban J connectivity index is 1.85. The summed E-state index contributed by atoms with van der Waals surface area (Å²) in [5, 5.41) is 0. The maximum atomic E-state index is 13.4. The van der Waals surface area contributed by atoms with Crippen molar-refractivity contribution in [2.75, 3.05) is 18.9 Å². The molecule has 2 aromatic heterocycles. The first-order valence-electron chi connectivity index (χ1n) is 7.05. The van der Waals surface area contributed by atoms with Crippen LogP contribution in [0.4, 0.5) is 10.2 Å². The Labute approximate surface area is 126 Å². The zero-order valence-corrected chi connectivity index (χ0v) is 11.8. The van der Waals surface area contributed by atoms with Gasteiger partial charge in [0.05, 0.1) is 13.2 Å². The van der Waals surface area contributed by atoms with E-state index in [1.165, 1.54) is 16.7 Å². The molecule has 5 nitrogen and oxygen atoms in total. The Hall–Kier alpha value is -2.76. The molecule has 0 radical (unpaired) electrons. The topological polar surface area (TPSA) is 61.8 Å². The number of imidazole rings is 1. The minimum atomic E-state index is -0.359. The number of anilines is 1. The van der Waals surface area contributed by atoms with E-state index in [1.54, 1.807) is 6.07 Å². The number of benzene rings is 1. The van der Waals surface area contributed by atoms with Crippen LogP contribution in [0, 0.1) is 5.82 Å². The van der Waals surface area contributed by atoms with Crippen molar-refractivity contribution in [3.05, 3.63) is 42.3 Å². The van der Waals surface area contributed by atoms with Gasteiger partial charge in [0.25, 0.3) is 0 Å². The summed E-state index contributed by atoms with van der Waals surface area (Å²) in [6.45, 7) is 1.25. The molecule has 1 aromatic carbocycles. The summed E-state index contributed by atoms with van der Waals surface area (Å²) in [5.41, 5.74) is 8.12. The summed E-state index contributed by atoms with van der Waals surface area (Å²) in [5.74, 6) is 1.43. The maximum absolute atomic E-state index is 13.4. The molecule has 112 valence electrons. The van der Waals surface area contributed by atoms with Crippen molar-refractivity contribution >= 4 is 11.5 Å². The molecular formula is C16H14FN3O2. The Morgan fingerprint density at radius 1 is 1.09 bits per heavy atom. The molecule has 3 aromatic rings. The number of nitrogens with zero attached hydrogens (tertiary/aromatic N) is 2. The SMILES string of the molecule is Nc1c(-c2ccc3c(c2)OCCCO3)nc2ccc(F)cn12. The number of hydrogen-bond acceptors (Lipinski definition) is 4. The third kappa shape index (κ3) is 2.04. The number of fused-ring (bicyclic) bond motifs is 2. The van der Waals surface area contributed by atoms with Gasteiger partial charge in [0.15, 0.2) is 11.5 Å². The Morgan fingerprint density at radius 2 is 1.91 bits per heavy atom. The van der Waals surface area contributed by atoms with E-state index in [2.05, 4.69) is 4.98 Å². The lowest BCUT2D eigenvalue weighted by Crippen LogP contribution is -1.97. The summed E-state index contributed by atoms with van der Waals surface area (Å²) in [4.78, 5) is 4.47. The molecule has 0 saturated heterocycles. The predicted molar refractivity (Wildman–Crippen MR) is 80.6 cm³/mol. The predicted octanol–water partition coefficient (Wildman–Crippen LogP) is 2.88. The number of nitrogens with two attached hydrogens (primary N) is 1. The fraction of sp³-hybridized carbons (Fsp3) is 0.188. The lowest BCUT2D eigenvalue weighted by atomic mass is 10.1. The summed E-state index contributed by atoms with van der Waals surface area (Å²) in [6.07, 6.45) is 2.17. The summed E-state index contributed by atoms with van der Waals surface area (Å²) >= 11 is 0. The number of rotatable bonds is 1. The number of hydrogen-bond donors (Lipinski definition) is 1. The molecule has 0 amide bonds. The minimum Gasteiger partial charge on any atom is -0.490 e. The van der Waals surface area contributed by atoms with Gasteiger partial charge in [0.2, 0.25) is 0 Å². The molecule has 1 aliphatic rings. The molecule has 0 saturated carbocycles. The van der Waals surface area contributed by atoms with E-state index in [1.807, 2.05) is 18.2 Å². The van der Waals surface area contributed by atoms with Crippen LogP contribution in [0.5, 0.6) is 11.5 Å². The number of halogens is 1. The van der Waals surface area contributed by atoms with Crippen molar-refractivity contribution in [2.45, 2.75) is 6.42 Å². The minimum absolute atomic E-state index is 0.359. The normalized spacial score (nSPS) is 14.0. The van der Waals surface area contributed by atoms with Crippen LogP contribution in [0.25, 0.3) is 16.9 Å². The molecule has 3 heterocycles. The third-order valence-electron chi connectivity index (χ3n) is 3.64. The molecule has 2 N–H and O–H groups in total. The Kier molecular flexibility index (Phi) is 2.89. The summed E-state index contributed by atoms with van der Waals surface area (Å²) in [6, 6.07) is 8.54. The molecule has 1 aliphatic heterocycles. The molecule has 6 heteroatoms. The van der Waals surface area contributed by atoms with Crippen molar-refractivity contribution in [3.8, 4) is 22.8 Å². The van der Waals surface area contributed by atoms with Crippen LogP contribution in [0.3, 0.4) is 0 Å². The Morgan fingerprint density at radius 3 is 2.77 bits per heavy atom. The first kappa shape index (κ1) is 12.9. The van der Waals surface area contributed by atoms with E-state index in [0.717, 1.165) is 17.7 Å². The van der Waals surface area contributed by atoms with Crippen LogP contribution in [0.1, 0.15) is 6.42 Å². The second-order valence-corrected chi connectivity index (χ2v) is 5.13. The highest BCUT2D eigenvalue weighted by molar-refractivity contribution is 5.76. The third-order valence-corrected chi connectivity index (χ3v) is 3.64. The van der Waals surface area contributed by atoms with Gasteiger partial charge in [0.1, 0.15) is 23.0 Å². The molecule has 0 atom stereocenters. The van der Waals surface area contributed by atoms with Crippen LogP contribution in [-0.4, -0.2) is 22.6 Å². The summed E-state index contributed by atoms with van der Waals surface area (Å²) in [7, 11) is 0. The molecular weight excluding hydrogens is 285 g/mol. The van der Waals surface area contributed by atoms with Gasteiger partial charge in [-0.05, 0) is 30.3 Å². The van der Waals surface area contributed by atoms with Gasteiger partial charge in [-0.3, -0.25) is 4.40 Å². The molecule has 0 bridgehead atoms. The van der Waals surface area contributed by atoms with Crippen LogP contribution in [-0.2, 0) is 0 Å². The molecule has 0 unspecified atom stereocenters. The second kappa shape index (κ2) is 4.91. The fourth-order valence-corrected chi connectivity index (χ4v) is 2.56. The lowest BCUT2D eigenvalue weighted by Gasteiger charge is -2.08.